The van der Waals surface area contributed by atoms with Gasteiger partial charge in [0, 0.05) is 27.3 Å². The smallest absolute Gasteiger partial charge is 0.253 e. The molecular weight excluding hydrogens is 336 g/mol. The van der Waals surface area contributed by atoms with Gasteiger partial charge in [0.1, 0.15) is 0 Å². The van der Waals surface area contributed by atoms with Crippen LogP contribution < -0.4 is 5.73 Å². The molecule has 0 unspecified atom stereocenters. The Morgan fingerprint density at radius 2 is 2.05 bits per heavy atom. The molecule has 5 heteroatoms. The van der Waals surface area contributed by atoms with Crippen molar-refractivity contribution in [2.45, 2.75) is 13.0 Å². The average Bonchev–Trinajstić information content (AvgIpc) is 2.84. The van der Waals surface area contributed by atoms with Crippen molar-refractivity contribution in [3.8, 4) is 0 Å². The van der Waals surface area contributed by atoms with Crippen molar-refractivity contribution in [1.82, 2.24) is 4.90 Å². The van der Waals surface area contributed by atoms with Gasteiger partial charge in [0.05, 0.1) is 6.54 Å². The van der Waals surface area contributed by atoms with E-state index in [-0.39, 0.29) is 5.91 Å². The van der Waals surface area contributed by atoms with Gasteiger partial charge in [0.15, 0.2) is 0 Å². The first-order valence-corrected chi connectivity index (χ1v) is 8.05. The minimum atomic E-state index is 0.0359. The number of nitrogens with zero attached hydrogens (tertiary/aromatic N) is 1. The third kappa shape index (κ3) is 3.91. The molecule has 0 spiro atoms. The lowest BCUT2D eigenvalue weighted by atomic mass is 10.1. The average molecular weight is 353 g/mol. The van der Waals surface area contributed by atoms with E-state index in [1.54, 1.807) is 16.2 Å². The molecule has 0 saturated heterocycles. The second kappa shape index (κ2) is 7.02. The Morgan fingerprint density at radius 3 is 2.60 bits per heavy atom. The molecule has 0 aliphatic carbocycles. The summed E-state index contributed by atoms with van der Waals surface area (Å²) in [4.78, 5) is 15.2. The van der Waals surface area contributed by atoms with E-state index in [2.05, 4.69) is 15.9 Å². The molecule has 0 atom stereocenters. The number of hydrogen-bond donors (Lipinski definition) is 1. The molecule has 1 amide bonds. The summed E-state index contributed by atoms with van der Waals surface area (Å²) in [7, 11) is 1.82. The van der Waals surface area contributed by atoms with Crippen LogP contribution in [0.4, 0.5) is 0 Å². The molecule has 3 nitrogen and oxygen atoms in total. The van der Waals surface area contributed by atoms with E-state index in [9.17, 15) is 4.79 Å². The Bertz CT molecular complexity index is 580. The molecule has 1 aromatic heterocycles. The highest BCUT2D eigenvalue weighted by molar-refractivity contribution is 9.10. The monoisotopic (exact) mass is 352 g/mol. The molecule has 2 aromatic rings. The molecule has 1 heterocycles. The second-order valence-corrected chi connectivity index (χ2v) is 6.54. The molecule has 20 heavy (non-hydrogen) atoms. The summed E-state index contributed by atoms with van der Waals surface area (Å²) in [6, 6.07) is 9.71. The van der Waals surface area contributed by atoms with Crippen molar-refractivity contribution in [1.29, 1.82) is 0 Å². The van der Waals surface area contributed by atoms with Gasteiger partial charge >= 0.3 is 0 Å². The number of carbonyl (C=O) groups is 1. The first kappa shape index (κ1) is 15.2. The SMILES string of the molecule is CN(Cc1cc(Br)cs1)C(=O)c1ccc(CCN)cc1. The van der Waals surface area contributed by atoms with Gasteiger partial charge in [-0.25, -0.2) is 0 Å². The topological polar surface area (TPSA) is 46.3 Å². The van der Waals surface area contributed by atoms with Gasteiger partial charge in [-0.3, -0.25) is 4.79 Å². The first-order chi connectivity index (χ1) is 9.60. The maximum atomic E-state index is 12.3. The van der Waals surface area contributed by atoms with Crippen LogP contribution in [-0.2, 0) is 13.0 Å². The van der Waals surface area contributed by atoms with E-state index in [1.807, 2.05) is 42.8 Å². The van der Waals surface area contributed by atoms with Crippen LogP contribution in [0.5, 0.6) is 0 Å². The van der Waals surface area contributed by atoms with Gasteiger partial charge in [-0.2, -0.15) is 0 Å². The highest BCUT2D eigenvalue weighted by atomic mass is 79.9. The zero-order chi connectivity index (χ0) is 14.5. The summed E-state index contributed by atoms with van der Waals surface area (Å²) in [5.41, 5.74) is 7.39. The Kier molecular flexibility index (Phi) is 5.34. The number of benzene rings is 1. The van der Waals surface area contributed by atoms with Crippen LogP contribution in [0.1, 0.15) is 20.8 Å². The van der Waals surface area contributed by atoms with E-state index in [0.29, 0.717) is 18.7 Å². The maximum absolute atomic E-state index is 12.3. The maximum Gasteiger partial charge on any atom is 0.253 e. The molecule has 0 saturated carbocycles. The molecule has 2 N–H and O–H groups in total. The molecule has 0 aliphatic rings. The molecule has 0 radical (unpaired) electrons. The number of nitrogens with two attached hydrogens (primary N) is 1. The molecule has 2 rings (SSSR count). The number of carbonyl (C=O) groups excluding carboxylic acids is 1. The lowest BCUT2D eigenvalue weighted by molar-refractivity contribution is 0.0786. The molecule has 0 fully saturated rings. The van der Waals surface area contributed by atoms with E-state index in [4.69, 9.17) is 5.73 Å². The molecule has 106 valence electrons. The number of thiophene rings is 1. The lowest BCUT2D eigenvalue weighted by Crippen LogP contribution is -2.25. The quantitative estimate of drug-likeness (QED) is 0.897. The summed E-state index contributed by atoms with van der Waals surface area (Å²) >= 11 is 5.07. The minimum Gasteiger partial charge on any atom is -0.337 e. The molecule has 0 aliphatic heterocycles. The molecule has 1 aromatic carbocycles. The summed E-state index contributed by atoms with van der Waals surface area (Å²) in [6.07, 6.45) is 0.841. The van der Waals surface area contributed by atoms with Crippen molar-refractivity contribution in [2.24, 2.45) is 5.73 Å². The normalized spacial score (nSPS) is 10.6. The fourth-order valence-corrected chi connectivity index (χ4v) is 3.45. The highest BCUT2D eigenvalue weighted by Gasteiger charge is 2.12. The number of amides is 1. The first-order valence-electron chi connectivity index (χ1n) is 6.37. The van der Waals surface area contributed by atoms with Crippen molar-refractivity contribution in [3.05, 3.63) is 56.2 Å². The predicted octanol–water partition coefficient (Wildman–Crippen LogP) is 3.28. The van der Waals surface area contributed by atoms with Gasteiger partial charge in [0.2, 0.25) is 0 Å². The van der Waals surface area contributed by atoms with Gasteiger partial charge in [-0.15, -0.1) is 11.3 Å². The Labute approximate surface area is 131 Å². The van der Waals surface area contributed by atoms with Crippen molar-refractivity contribution in [2.75, 3.05) is 13.6 Å². The van der Waals surface area contributed by atoms with Crippen molar-refractivity contribution in [3.63, 3.8) is 0 Å². The van der Waals surface area contributed by atoms with E-state index in [1.165, 1.54) is 0 Å². The van der Waals surface area contributed by atoms with Crippen LogP contribution in [0.2, 0.25) is 0 Å². The van der Waals surface area contributed by atoms with Crippen LogP contribution >= 0.6 is 27.3 Å². The third-order valence-corrected chi connectivity index (χ3v) is 4.68. The number of halogens is 1. The van der Waals surface area contributed by atoms with Crippen molar-refractivity contribution >= 4 is 33.2 Å². The number of rotatable bonds is 5. The standard InChI is InChI=1S/C15H17BrN2OS/c1-18(9-14-8-13(16)10-20-14)15(19)12-4-2-11(3-5-12)6-7-17/h2-5,8,10H,6-7,9,17H2,1H3. The second-order valence-electron chi connectivity index (χ2n) is 4.63. The van der Waals surface area contributed by atoms with Gasteiger partial charge in [-0.1, -0.05) is 12.1 Å². The van der Waals surface area contributed by atoms with Gasteiger partial charge < -0.3 is 10.6 Å². The van der Waals surface area contributed by atoms with E-state index < -0.39 is 0 Å². The van der Waals surface area contributed by atoms with Crippen LogP contribution in [0.25, 0.3) is 0 Å². The zero-order valence-electron chi connectivity index (χ0n) is 11.3. The highest BCUT2D eigenvalue weighted by Crippen LogP contribution is 2.21. The van der Waals surface area contributed by atoms with Crippen LogP contribution in [0.3, 0.4) is 0 Å². The molecular formula is C15H17BrN2OS. The van der Waals surface area contributed by atoms with Crippen LogP contribution in [-0.4, -0.2) is 24.4 Å². The third-order valence-electron chi connectivity index (χ3n) is 3.00. The van der Waals surface area contributed by atoms with E-state index >= 15 is 0 Å². The largest absolute Gasteiger partial charge is 0.337 e. The van der Waals surface area contributed by atoms with Gasteiger partial charge in [0.25, 0.3) is 5.91 Å². The lowest BCUT2D eigenvalue weighted by Gasteiger charge is -2.16. The van der Waals surface area contributed by atoms with Gasteiger partial charge in [-0.05, 0) is 52.7 Å². The Balaban J connectivity index is 2.02. The minimum absolute atomic E-state index is 0.0359. The van der Waals surface area contributed by atoms with Crippen LogP contribution in [0, 0.1) is 0 Å². The fourth-order valence-electron chi connectivity index (χ4n) is 1.94. The van der Waals surface area contributed by atoms with Crippen molar-refractivity contribution < 1.29 is 4.79 Å². The predicted molar refractivity (Wildman–Crippen MR) is 87.0 cm³/mol. The summed E-state index contributed by atoms with van der Waals surface area (Å²) < 4.78 is 1.06. The van der Waals surface area contributed by atoms with Crippen LogP contribution in [0.15, 0.2) is 40.2 Å². The fraction of sp³-hybridized carbons (Fsp3) is 0.267. The summed E-state index contributed by atoms with van der Waals surface area (Å²) in [6.45, 7) is 1.25. The molecule has 0 bridgehead atoms. The Morgan fingerprint density at radius 1 is 1.35 bits per heavy atom. The Hall–Kier alpha value is -1.17. The zero-order valence-corrected chi connectivity index (χ0v) is 13.7. The summed E-state index contributed by atoms with van der Waals surface area (Å²) in [5.74, 6) is 0.0359. The summed E-state index contributed by atoms with van der Waals surface area (Å²) in [5, 5.41) is 2.02. The van der Waals surface area contributed by atoms with E-state index in [0.717, 1.165) is 21.3 Å². The number of hydrogen-bond acceptors (Lipinski definition) is 3.